The summed E-state index contributed by atoms with van der Waals surface area (Å²) in [6.07, 6.45) is -2.23. The topological polar surface area (TPSA) is 131 Å². The second kappa shape index (κ2) is 11.2. The Bertz CT molecular complexity index is 1210. The number of fused-ring (bicyclic) bond motifs is 1. The normalized spacial score (nSPS) is 16.5. The number of hydrogen-bond donors (Lipinski definition) is 2. The molecule has 2 N–H and O–H groups in total. The molecular weight excluding hydrogens is 493 g/mol. The largest absolute Gasteiger partial charge is 0.458 e. The van der Waals surface area contributed by atoms with Crippen molar-refractivity contribution in [3.63, 3.8) is 0 Å². The third kappa shape index (κ3) is 6.24. The van der Waals surface area contributed by atoms with Crippen LogP contribution in [-0.2, 0) is 4.74 Å². The summed E-state index contributed by atoms with van der Waals surface area (Å²) < 4.78 is 50.4. The van der Waals surface area contributed by atoms with Crippen molar-refractivity contribution in [3.8, 4) is 6.01 Å². The van der Waals surface area contributed by atoms with Gasteiger partial charge >= 0.3 is 12.2 Å². The fraction of sp³-hybridized carbons (Fsp3) is 0.565. The maximum Gasteiger partial charge on any atom is 0.408 e. The molecule has 0 bridgehead atoms. The number of ether oxygens (including phenoxy) is 2. The van der Waals surface area contributed by atoms with Crippen LogP contribution in [0.2, 0.25) is 0 Å². The van der Waals surface area contributed by atoms with Gasteiger partial charge in [-0.05, 0) is 38.3 Å². The number of nitrogens with zero attached hydrogens (tertiary/aromatic N) is 6. The fourth-order valence-corrected chi connectivity index (χ4v) is 4.27. The number of carbonyl (C=O) groups excluding carboxylic acids is 1. The number of halogens is 3. The van der Waals surface area contributed by atoms with Gasteiger partial charge in [0.2, 0.25) is 11.8 Å². The van der Waals surface area contributed by atoms with Gasteiger partial charge in [-0.2, -0.15) is 33.2 Å². The van der Waals surface area contributed by atoms with E-state index in [1.165, 1.54) is 14.0 Å². The number of H-pyrrole nitrogens is 1. The van der Waals surface area contributed by atoms with E-state index in [2.05, 4.69) is 30.1 Å². The first-order valence-electron chi connectivity index (χ1n) is 12.0. The fourth-order valence-electron chi connectivity index (χ4n) is 4.27. The Morgan fingerprint density at radius 3 is 2.70 bits per heavy atom. The van der Waals surface area contributed by atoms with Crippen LogP contribution >= 0.6 is 0 Å². The Labute approximate surface area is 211 Å². The number of aromatic amines is 1. The Morgan fingerprint density at radius 1 is 1.27 bits per heavy atom. The highest BCUT2D eigenvalue weighted by molar-refractivity contribution is 5.91. The predicted molar refractivity (Wildman–Crippen MR) is 127 cm³/mol. The molecule has 0 spiro atoms. The van der Waals surface area contributed by atoms with E-state index in [0.717, 1.165) is 29.6 Å². The third-order valence-electron chi connectivity index (χ3n) is 6.15. The average molecular weight is 523 g/mol. The van der Waals surface area contributed by atoms with Crippen LogP contribution in [0, 0.1) is 0 Å². The molecule has 200 valence electrons. The first-order chi connectivity index (χ1) is 17.7. The van der Waals surface area contributed by atoms with E-state index in [1.54, 1.807) is 13.1 Å². The first-order valence-corrected chi connectivity index (χ1v) is 12.0. The number of alkyl halides is 3. The third-order valence-corrected chi connectivity index (χ3v) is 6.15. The van der Waals surface area contributed by atoms with Crippen molar-refractivity contribution in [2.45, 2.75) is 57.3 Å². The molecule has 4 rings (SSSR count). The number of pyridine rings is 1. The number of hydrogen-bond acceptors (Lipinski definition) is 9. The molecule has 0 saturated carbocycles. The molecule has 3 aromatic rings. The van der Waals surface area contributed by atoms with Crippen LogP contribution in [0.25, 0.3) is 11.0 Å². The molecular formula is C23H29F3N8O3. The van der Waals surface area contributed by atoms with Gasteiger partial charge in [0.25, 0.3) is 5.91 Å². The van der Waals surface area contributed by atoms with Crippen LogP contribution in [0.15, 0.2) is 18.3 Å². The van der Waals surface area contributed by atoms with Gasteiger partial charge in [0, 0.05) is 37.7 Å². The minimum absolute atomic E-state index is 0.159. The molecule has 4 heterocycles. The van der Waals surface area contributed by atoms with E-state index in [0.29, 0.717) is 13.1 Å². The van der Waals surface area contributed by atoms with E-state index in [4.69, 9.17) is 9.47 Å². The maximum atomic E-state index is 13.2. The van der Waals surface area contributed by atoms with Crippen molar-refractivity contribution in [3.05, 3.63) is 29.8 Å². The van der Waals surface area contributed by atoms with E-state index in [-0.39, 0.29) is 30.9 Å². The van der Waals surface area contributed by atoms with Crippen molar-refractivity contribution in [2.75, 3.05) is 31.7 Å². The van der Waals surface area contributed by atoms with Crippen LogP contribution in [0.4, 0.5) is 19.1 Å². The number of nitrogens with one attached hydrogen (secondary N) is 2. The Balaban J connectivity index is 1.54. The Kier molecular flexibility index (Phi) is 8.05. The molecule has 1 fully saturated rings. The van der Waals surface area contributed by atoms with Crippen LogP contribution in [-0.4, -0.2) is 81.2 Å². The molecule has 14 heteroatoms. The monoisotopic (exact) mass is 522 g/mol. The zero-order valence-corrected chi connectivity index (χ0v) is 20.7. The van der Waals surface area contributed by atoms with Crippen molar-refractivity contribution >= 4 is 22.9 Å². The lowest BCUT2D eigenvalue weighted by Gasteiger charge is -2.31. The van der Waals surface area contributed by atoms with Crippen LogP contribution in [0.3, 0.4) is 0 Å². The SMILES string of the molecule is CC[C@@H](NC(=O)c1nc(O[C@H](C)COC)nc(N2CCC(c3n[nH]c4ncccc34)CC2)n1)C(F)(F)F. The second-order valence-corrected chi connectivity index (χ2v) is 8.87. The molecule has 1 amide bonds. The number of anilines is 1. The summed E-state index contributed by atoms with van der Waals surface area (Å²) >= 11 is 0. The number of carbonyl (C=O) groups is 1. The van der Waals surface area contributed by atoms with Crippen molar-refractivity contribution in [1.29, 1.82) is 0 Å². The molecule has 0 aliphatic carbocycles. The van der Waals surface area contributed by atoms with Crippen molar-refractivity contribution < 1.29 is 27.4 Å². The zero-order valence-electron chi connectivity index (χ0n) is 20.7. The van der Waals surface area contributed by atoms with Crippen LogP contribution in [0.1, 0.15) is 55.3 Å². The molecule has 1 aliphatic heterocycles. The summed E-state index contributed by atoms with van der Waals surface area (Å²) in [5.41, 5.74) is 1.66. The number of piperidine rings is 1. The highest BCUT2D eigenvalue weighted by Gasteiger charge is 2.40. The lowest BCUT2D eigenvalue weighted by Crippen LogP contribution is -2.45. The summed E-state index contributed by atoms with van der Waals surface area (Å²) in [5, 5.41) is 10.3. The lowest BCUT2D eigenvalue weighted by molar-refractivity contribution is -0.153. The number of aromatic nitrogens is 6. The zero-order chi connectivity index (χ0) is 26.6. The van der Waals surface area contributed by atoms with E-state index >= 15 is 0 Å². The molecule has 0 unspecified atom stereocenters. The van der Waals surface area contributed by atoms with Gasteiger partial charge in [-0.1, -0.05) is 6.92 Å². The standard InChI is InChI=1S/C23H29F3N8O3/c1-4-16(23(24,25)26)28-20(35)19-29-21(31-22(30-19)37-13(2)12-36-3)34-10-7-14(8-11-34)17-15-6-5-9-27-18(15)33-32-17/h5-6,9,13-14,16H,4,7-8,10-12H2,1-3H3,(H,28,35)(H,27,32,33)/t13-,16-/m1/s1. The highest BCUT2D eigenvalue weighted by atomic mass is 19.4. The van der Waals surface area contributed by atoms with Gasteiger partial charge in [-0.25, -0.2) is 4.98 Å². The molecule has 3 aromatic heterocycles. The average Bonchev–Trinajstić information content (AvgIpc) is 3.30. The molecule has 1 saturated heterocycles. The Hall–Kier alpha value is -3.55. The molecule has 11 nitrogen and oxygen atoms in total. The van der Waals surface area contributed by atoms with Crippen molar-refractivity contribution in [2.24, 2.45) is 0 Å². The van der Waals surface area contributed by atoms with Gasteiger partial charge < -0.3 is 19.7 Å². The minimum atomic E-state index is -4.60. The van der Waals surface area contributed by atoms with E-state index in [1.807, 2.05) is 22.3 Å². The number of rotatable bonds is 9. The predicted octanol–water partition coefficient (Wildman–Crippen LogP) is 3.01. The first kappa shape index (κ1) is 26.5. The summed E-state index contributed by atoms with van der Waals surface area (Å²) in [7, 11) is 1.50. The summed E-state index contributed by atoms with van der Waals surface area (Å²) in [5.74, 6) is -1.17. The van der Waals surface area contributed by atoms with Gasteiger partial charge in [-0.3, -0.25) is 9.89 Å². The van der Waals surface area contributed by atoms with Gasteiger partial charge in [0.05, 0.1) is 12.3 Å². The molecule has 0 radical (unpaired) electrons. The van der Waals surface area contributed by atoms with Gasteiger partial charge in [0.15, 0.2) is 5.65 Å². The Morgan fingerprint density at radius 2 is 2.03 bits per heavy atom. The molecule has 2 atom stereocenters. The molecule has 1 aliphatic rings. The van der Waals surface area contributed by atoms with Gasteiger partial charge in [0.1, 0.15) is 12.1 Å². The van der Waals surface area contributed by atoms with E-state index < -0.39 is 30.1 Å². The van der Waals surface area contributed by atoms with Crippen molar-refractivity contribution in [1.82, 2.24) is 35.5 Å². The van der Waals surface area contributed by atoms with Crippen LogP contribution < -0.4 is 15.0 Å². The number of amides is 1. The minimum Gasteiger partial charge on any atom is -0.458 e. The molecule has 37 heavy (non-hydrogen) atoms. The lowest BCUT2D eigenvalue weighted by atomic mass is 9.92. The maximum absolute atomic E-state index is 13.2. The highest BCUT2D eigenvalue weighted by Crippen LogP contribution is 2.32. The summed E-state index contributed by atoms with van der Waals surface area (Å²) in [6.45, 7) is 4.36. The van der Waals surface area contributed by atoms with Crippen LogP contribution in [0.5, 0.6) is 6.01 Å². The summed E-state index contributed by atoms with van der Waals surface area (Å²) in [6, 6.07) is 1.65. The molecule has 0 aromatic carbocycles. The quantitative estimate of drug-likeness (QED) is 0.435. The summed E-state index contributed by atoms with van der Waals surface area (Å²) in [4.78, 5) is 31.4. The second-order valence-electron chi connectivity index (χ2n) is 8.87. The van der Waals surface area contributed by atoms with E-state index in [9.17, 15) is 18.0 Å². The number of methoxy groups -OCH3 is 1. The smallest absolute Gasteiger partial charge is 0.408 e. The van der Waals surface area contributed by atoms with Gasteiger partial charge in [-0.15, -0.1) is 0 Å².